The number of benzene rings is 3. The largest absolute Gasteiger partial charge is 0.0654 e. The lowest BCUT2D eigenvalue weighted by Gasteiger charge is -2.08. The quantitative estimate of drug-likeness (QED) is 0.146. The van der Waals surface area contributed by atoms with Gasteiger partial charge >= 0.3 is 0 Å². The van der Waals surface area contributed by atoms with Crippen molar-refractivity contribution in [3.63, 3.8) is 0 Å². The molecule has 3 aromatic carbocycles. The minimum atomic E-state index is 0.863. The van der Waals surface area contributed by atoms with Crippen molar-refractivity contribution in [2.45, 2.75) is 129 Å². The first-order valence-corrected chi connectivity index (χ1v) is 16.6. The Morgan fingerprint density at radius 3 is 1.54 bits per heavy atom. The Hall–Kier alpha value is -2.34. The zero-order valence-electron chi connectivity index (χ0n) is 25.2. The zero-order chi connectivity index (χ0) is 27.1. The third-order valence-electron chi connectivity index (χ3n) is 9.01. The number of hydrogen-bond donors (Lipinski definition) is 0. The second-order valence-electron chi connectivity index (χ2n) is 12.3. The Kier molecular flexibility index (Phi) is 12.7. The van der Waals surface area contributed by atoms with Gasteiger partial charge in [0.15, 0.2) is 0 Å². The van der Waals surface area contributed by atoms with Gasteiger partial charge in [-0.3, -0.25) is 0 Å². The molecule has 0 N–H and O–H groups in total. The van der Waals surface area contributed by atoms with Gasteiger partial charge in [-0.05, 0) is 77.0 Å². The van der Waals surface area contributed by atoms with Crippen LogP contribution >= 0.6 is 0 Å². The molecule has 0 fully saturated rings. The molecule has 4 rings (SSSR count). The maximum absolute atomic E-state index is 2.48. The smallest absolute Gasteiger partial charge is 0.0181 e. The van der Waals surface area contributed by atoms with Gasteiger partial charge in [-0.15, -0.1) is 0 Å². The molecule has 0 saturated carbocycles. The molecule has 1 unspecified atom stereocenters. The highest BCUT2D eigenvalue weighted by molar-refractivity contribution is 5.71. The van der Waals surface area contributed by atoms with E-state index in [4.69, 9.17) is 0 Å². The van der Waals surface area contributed by atoms with Gasteiger partial charge in [-0.25, -0.2) is 0 Å². The molecule has 0 aromatic heterocycles. The van der Waals surface area contributed by atoms with E-state index in [9.17, 15) is 0 Å². The van der Waals surface area contributed by atoms with Crippen molar-refractivity contribution in [2.75, 3.05) is 0 Å². The van der Waals surface area contributed by atoms with Gasteiger partial charge in [-0.1, -0.05) is 164 Å². The molecule has 0 radical (unpaired) electrons. The second kappa shape index (κ2) is 16.7. The van der Waals surface area contributed by atoms with E-state index in [-0.39, 0.29) is 0 Å². The third kappa shape index (κ3) is 9.66. The van der Waals surface area contributed by atoms with Crippen molar-refractivity contribution < 1.29 is 0 Å². The number of fused-ring (bicyclic) bond motifs is 1. The Morgan fingerprint density at radius 2 is 0.923 bits per heavy atom. The average molecular weight is 523 g/mol. The minimum absolute atomic E-state index is 0.863. The van der Waals surface area contributed by atoms with E-state index in [1.165, 1.54) is 143 Å². The summed E-state index contributed by atoms with van der Waals surface area (Å²) < 4.78 is 0. The van der Waals surface area contributed by atoms with Crippen LogP contribution in [0, 0.1) is 5.92 Å². The van der Waals surface area contributed by atoms with Gasteiger partial charge < -0.3 is 0 Å². The highest BCUT2D eigenvalue weighted by Crippen LogP contribution is 2.34. The van der Waals surface area contributed by atoms with Crippen molar-refractivity contribution in [2.24, 2.45) is 5.92 Å². The van der Waals surface area contributed by atoms with E-state index >= 15 is 0 Å². The third-order valence-corrected chi connectivity index (χ3v) is 9.01. The van der Waals surface area contributed by atoms with Gasteiger partial charge in [0, 0.05) is 0 Å². The maximum Gasteiger partial charge on any atom is -0.0181 e. The fourth-order valence-corrected chi connectivity index (χ4v) is 6.49. The van der Waals surface area contributed by atoms with Gasteiger partial charge in [0.1, 0.15) is 0 Å². The summed E-state index contributed by atoms with van der Waals surface area (Å²) in [7, 11) is 0. The van der Waals surface area contributed by atoms with Gasteiger partial charge in [0.05, 0.1) is 0 Å². The molecule has 210 valence electrons. The molecule has 1 aliphatic rings. The fourth-order valence-electron chi connectivity index (χ4n) is 6.49. The molecule has 0 heterocycles. The first-order valence-electron chi connectivity index (χ1n) is 16.6. The standard InChI is InChI=1S/C39H54/c1-3-5-7-9-11-12-14-15-17-32-19-21-34(22-20-32)35-23-25-36(26-24-35)38-28-27-37-29-33(30-39(37)31-38)18-16-13-10-8-6-4-2/h19-28,31,33H,3-18,29-30H2,1-2H3. The fraction of sp³-hybridized carbons (Fsp3) is 0.538. The normalized spacial score (nSPS) is 14.6. The van der Waals surface area contributed by atoms with E-state index < -0.39 is 0 Å². The molecule has 0 spiro atoms. The van der Waals surface area contributed by atoms with Crippen LogP contribution in [0.2, 0.25) is 0 Å². The zero-order valence-corrected chi connectivity index (χ0v) is 25.2. The first-order chi connectivity index (χ1) is 19.3. The summed E-state index contributed by atoms with van der Waals surface area (Å²) in [5.41, 5.74) is 10.0. The summed E-state index contributed by atoms with van der Waals surface area (Å²) in [5, 5.41) is 0. The van der Waals surface area contributed by atoms with E-state index in [1.54, 1.807) is 11.1 Å². The SMILES string of the molecule is CCCCCCCCCCc1ccc(-c2ccc(-c3ccc4c(c3)CC(CCCCCCCC)C4)cc2)cc1. The second-order valence-corrected chi connectivity index (χ2v) is 12.3. The number of unbranched alkanes of at least 4 members (excludes halogenated alkanes) is 12. The molecule has 0 nitrogen and oxygen atoms in total. The maximum atomic E-state index is 2.48. The van der Waals surface area contributed by atoms with E-state index in [1.807, 2.05) is 0 Å². The lowest BCUT2D eigenvalue weighted by molar-refractivity contribution is 0.469. The van der Waals surface area contributed by atoms with Crippen LogP contribution in [0.3, 0.4) is 0 Å². The Morgan fingerprint density at radius 1 is 0.462 bits per heavy atom. The molecule has 0 saturated heterocycles. The van der Waals surface area contributed by atoms with Crippen LogP contribution in [-0.2, 0) is 19.3 Å². The monoisotopic (exact) mass is 522 g/mol. The van der Waals surface area contributed by atoms with E-state index in [2.05, 4.69) is 80.6 Å². The Bertz CT molecular complexity index is 1070. The van der Waals surface area contributed by atoms with Crippen molar-refractivity contribution in [1.29, 1.82) is 0 Å². The van der Waals surface area contributed by atoms with E-state index in [0.717, 1.165) is 5.92 Å². The van der Waals surface area contributed by atoms with Crippen LogP contribution in [0.1, 0.15) is 127 Å². The molecule has 0 amide bonds. The van der Waals surface area contributed by atoms with Crippen LogP contribution in [0.25, 0.3) is 22.3 Å². The molecule has 1 atom stereocenters. The molecule has 0 aliphatic heterocycles. The topological polar surface area (TPSA) is 0 Å². The van der Waals surface area contributed by atoms with Crippen LogP contribution in [0.5, 0.6) is 0 Å². The minimum Gasteiger partial charge on any atom is -0.0654 e. The Labute approximate surface area is 240 Å². The summed E-state index contributed by atoms with van der Waals surface area (Å²) in [6, 6.07) is 25.8. The van der Waals surface area contributed by atoms with Crippen LogP contribution in [-0.4, -0.2) is 0 Å². The van der Waals surface area contributed by atoms with Crippen molar-refractivity contribution >= 4 is 0 Å². The van der Waals surface area contributed by atoms with Crippen molar-refractivity contribution in [3.8, 4) is 22.3 Å². The lowest BCUT2D eigenvalue weighted by atomic mass is 9.96. The van der Waals surface area contributed by atoms with Gasteiger partial charge in [0.2, 0.25) is 0 Å². The van der Waals surface area contributed by atoms with Crippen molar-refractivity contribution in [1.82, 2.24) is 0 Å². The average Bonchev–Trinajstić information content (AvgIpc) is 3.39. The van der Waals surface area contributed by atoms with Gasteiger partial charge in [0.25, 0.3) is 0 Å². The van der Waals surface area contributed by atoms with Crippen LogP contribution in [0.4, 0.5) is 0 Å². The van der Waals surface area contributed by atoms with Gasteiger partial charge in [-0.2, -0.15) is 0 Å². The van der Waals surface area contributed by atoms with Crippen molar-refractivity contribution in [3.05, 3.63) is 83.4 Å². The molecule has 39 heavy (non-hydrogen) atoms. The molecular formula is C39H54. The summed E-state index contributed by atoms with van der Waals surface area (Å²) in [5.74, 6) is 0.863. The van der Waals surface area contributed by atoms with E-state index in [0.29, 0.717) is 0 Å². The lowest BCUT2D eigenvalue weighted by Crippen LogP contribution is -1.99. The Balaban J connectivity index is 1.22. The molecule has 0 bridgehead atoms. The molecule has 0 heteroatoms. The summed E-state index contributed by atoms with van der Waals surface area (Å²) in [6.45, 7) is 4.59. The predicted molar refractivity (Wildman–Crippen MR) is 173 cm³/mol. The number of rotatable bonds is 18. The number of hydrogen-bond acceptors (Lipinski definition) is 0. The predicted octanol–water partition coefficient (Wildman–Crippen LogP) is 12.2. The molecule has 1 aliphatic carbocycles. The highest BCUT2D eigenvalue weighted by atomic mass is 14.3. The molecular weight excluding hydrogens is 468 g/mol. The summed E-state index contributed by atoms with van der Waals surface area (Å²) >= 11 is 0. The number of aryl methyl sites for hydroxylation is 1. The first kappa shape index (κ1) is 29.6. The summed E-state index contributed by atoms with van der Waals surface area (Å²) in [4.78, 5) is 0. The summed E-state index contributed by atoms with van der Waals surface area (Å²) in [6.07, 6.45) is 24.7. The van der Waals surface area contributed by atoms with Crippen LogP contribution in [0.15, 0.2) is 66.7 Å². The molecule has 3 aromatic rings. The highest BCUT2D eigenvalue weighted by Gasteiger charge is 2.21. The van der Waals surface area contributed by atoms with Crippen LogP contribution < -0.4 is 0 Å².